The molecule has 0 aromatic heterocycles. The van der Waals surface area contributed by atoms with E-state index in [1.54, 1.807) is 18.2 Å². The Morgan fingerprint density at radius 2 is 1.81 bits per heavy atom. The van der Waals surface area contributed by atoms with Crippen LogP contribution in [0.25, 0.3) is 6.08 Å². The van der Waals surface area contributed by atoms with Crippen LogP contribution in [-0.2, 0) is 6.42 Å². The highest BCUT2D eigenvalue weighted by molar-refractivity contribution is 5.97. The molecule has 0 aliphatic carbocycles. The van der Waals surface area contributed by atoms with Crippen molar-refractivity contribution < 1.29 is 30.0 Å². The van der Waals surface area contributed by atoms with Crippen molar-refractivity contribution in [3.63, 3.8) is 0 Å². The van der Waals surface area contributed by atoms with E-state index in [0.717, 1.165) is 5.57 Å². The lowest BCUT2D eigenvalue weighted by Gasteiger charge is -2.36. The lowest BCUT2D eigenvalue weighted by Crippen LogP contribution is -2.33. The normalized spacial score (nSPS) is 21.8. The van der Waals surface area contributed by atoms with Crippen LogP contribution in [0.15, 0.2) is 47.1 Å². The van der Waals surface area contributed by atoms with E-state index in [-0.39, 0.29) is 22.8 Å². The summed E-state index contributed by atoms with van der Waals surface area (Å²) < 4.78 is 12.5. The smallest absolute Gasteiger partial charge is 0.168 e. The molecule has 2 aromatic rings. The first-order valence-electron chi connectivity index (χ1n) is 10.4. The highest BCUT2D eigenvalue weighted by Gasteiger charge is 2.42. The number of nitrogens with zero attached hydrogens (tertiary/aromatic N) is 1. The summed E-state index contributed by atoms with van der Waals surface area (Å²) >= 11 is 0. The number of phenols is 2. The maximum absolute atomic E-state index is 11.1. The van der Waals surface area contributed by atoms with Gasteiger partial charge >= 0.3 is 0 Å². The van der Waals surface area contributed by atoms with Crippen molar-refractivity contribution >= 4 is 11.8 Å². The molecule has 0 bridgehead atoms. The van der Waals surface area contributed by atoms with Gasteiger partial charge in [0.05, 0.1) is 11.1 Å². The second-order valence-corrected chi connectivity index (χ2v) is 8.85. The predicted molar refractivity (Wildman–Crippen MR) is 121 cm³/mol. The Morgan fingerprint density at radius 3 is 2.44 bits per heavy atom. The summed E-state index contributed by atoms with van der Waals surface area (Å²) in [5.74, 6) is 0.682. The maximum Gasteiger partial charge on any atom is 0.168 e. The second kappa shape index (κ2) is 7.91. The first kappa shape index (κ1) is 21.8. The van der Waals surface area contributed by atoms with E-state index in [9.17, 15) is 20.5 Å². The molecule has 0 spiro atoms. The number of allylic oxidation sites excluding steroid dienone is 2. The monoisotopic (exact) mass is 437 g/mol. The number of ether oxygens (including phenoxy) is 2. The van der Waals surface area contributed by atoms with Gasteiger partial charge in [-0.3, -0.25) is 0 Å². The quantitative estimate of drug-likeness (QED) is 0.312. The third kappa shape index (κ3) is 3.69. The molecule has 0 saturated heterocycles. The summed E-state index contributed by atoms with van der Waals surface area (Å²) in [7, 11) is 0. The van der Waals surface area contributed by atoms with Gasteiger partial charge in [-0.1, -0.05) is 28.9 Å². The minimum absolute atomic E-state index is 0.0624. The minimum atomic E-state index is -1.40. The SMILES string of the molecule is CC(C)=CCc1c2c(c(O)c3c1O[C@H](c1ccc(O)cc1)/C(=N/O)[C@H]3O)C=CC(C)(C)O2. The Balaban J connectivity index is 1.96. The summed E-state index contributed by atoms with van der Waals surface area (Å²) in [4.78, 5) is 0. The largest absolute Gasteiger partial charge is 0.508 e. The van der Waals surface area contributed by atoms with Crippen LogP contribution in [0.4, 0.5) is 0 Å². The zero-order valence-corrected chi connectivity index (χ0v) is 18.5. The van der Waals surface area contributed by atoms with Crippen LogP contribution in [0.1, 0.15) is 62.2 Å². The number of phenolic OH excluding ortho intramolecular Hbond substituents is 2. The van der Waals surface area contributed by atoms with Crippen LogP contribution >= 0.6 is 0 Å². The number of oxime groups is 1. The van der Waals surface area contributed by atoms with Gasteiger partial charge in [-0.05, 0) is 64.0 Å². The van der Waals surface area contributed by atoms with E-state index in [4.69, 9.17) is 9.47 Å². The van der Waals surface area contributed by atoms with Crippen molar-refractivity contribution in [3.05, 3.63) is 64.2 Å². The van der Waals surface area contributed by atoms with Crippen molar-refractivity contribution in [1.29, 1.82) is 0 Å². The lowest BCUT2D eigenvalue weighted by atomic mass is 9.86. The van der Waals surface area contributed by atoms with Gasteiger partial charge in [-0.15, -0.1) is 0 Å². The van der Waals surface area contributed by atoms with Crippen molar-refractivity contribution in [2.45, 2.75) is 51.9 Å². The zero-order chi connectivity index (χ0) is 23.2. The fourth-order valence-electron chi connectivity index (χ4n) is 3.99. The van der Waals surface area contributed by atoms with E-state index in [1.807, 2.05) is 39.8 Å². The summed E-state index contributed by atoms with van der Waals surface area (Å²) in [6, 6.07) is 6.22. The molecule has 4 rings (SSSR count). The Morgan fingerprint density at radius 1 is 1.12 bits per heavy atom. The van der Waals surface area contributed by atoms with E-state index < -0.39 is 17.8 Å². The topological polar surface area (TPSA) is 112 Å². The van der Waals surface area contributed by atoms with Gasteiger partial charge in [0.2, 0.25) is 0 Å². The van der Waals surface area contributed by atoms with Crippen LogP contribution in [0.5, 0.6) is 23.0 Å². The van der Waals surface area contributed by atoms with Crippen LogP contribution in [-0.4, -0.2) is 31.8 Å². The molecule has 0 fully saturated rings. The molecule has 168 valence electrons. The lowest BCUT2D eigenvalue weighted by molar-refractivity contribution is 0.146. The fraction of sp³-hybridized carbons (Fsp3) is 0.320. The standard InChI is InChI=1S/C25H27NO6/c1-13(2)5-10-17-23-16(11-12-25(3,4)32-23)20(28)18-21(29)19(26-30)22(31-24(17)18)14-6-8-15(27)9-7-14/h5-9,11-12,21-22,27-30H,10H2,1-4H3/b26-19+/t21-,22+/m0/s1. The van der Waals surface area contributed by atoms with Crippen molar-refractivity contribution in [2.75, 3.05) is 0 Å². The summed E-state index contributed by atoms with van der Waals surface area (Å²) in [5, 5.41) is 44.8. The van der Waals surface area contributed by atoms with Gasteiger partial charge in [0.15, 0.2) is 6.10 Å². The number of aliphatic hydroxyl groups is 1. The number of rotatable bonds is 3. The van der Waals surface area contributed by atoms with Crippen LogP contribution in [0.2, 0.25) is 0 Å². The molecule has 0 radical (unpaired) electrons. The third-order valence-electron chi connectivity index (χ3n) is 5.65. The number of fused-ring (bicyclic) bond motifs is 2. The summed E-state index contributed by atoms with van der Waals surface area (Å²) in [6.07, 6.45) is 3.76. The number of hydrogen-bond donors (Lipinski definition) is 4. The molecule has 0 unspecified atom stereocenters. The first-order chi connectivity index (χ1) is 15.1. The van der Waals surface area contributed by atoms with Gasteiger partial charge in [0.25, 0.3) is 0 Å². The fourth-order valence-corrected chi connectivity index (χ4v) is 3.99. The van der Waals surface area contributed by atoms with E-state index in [2.05, 4.69) is 5.16 Å². The minimum Gasteiger partial charge on any atom is -0.508 e. The van der Waals surface area contributed by atoms with Gasteiger partial charge in [-0.25, -0.2) is 0 Å². The number of aromatic hydroxyl groups is 2. The number of aliphatic hydroxyl groups excluding tert-OH is 1. The molecule has 2 atom stereocenters. The third-order valence-corrected chi connectivity index (χ3v) is 5.65. The molecular formula is C25H27NO6. The number of benzene rings is 2. The molecule has 2 aromatic carbocycles. The zero-order valence-electron chi connectivity index (χ0n) is 18.5. The molecule has 7 heteroatoms. The highest BCUT2D eigenvalue weighted by Crippen LogP contribution is 2.53. The molecule has 32 heavy (non-hydrogen) atoms. The average molecular weight is 437 g/mol. The van der Waals surface area contributed by atoms with Crippen molar-refractivity contribution in [3.8, 4) is 23.0 Å². The Bertz CT molecular complexity index is 1140. The van der Waals surface area contributed by atoms with Crippen LogP contribution in [0.3, 0.4) is 0 Å². The van der Waals surface area contributed by atoms with Crippen LogP contribution < -0.4 is 9.47 Å². The van der Waals surface area contributed by atoms with Crippen molar-refractivity contribution in [2.24, 2.45) is 5.16 Å². The van der Waals surface area contributed by atoms with Gasteiger partial charge in [0, 0.05) is 5.56 Å². The Labute approximate surface area is 186 Å². The molecule has 4 N–H and O–H groups in total. The summed E-state index contributed by atoms with van der Waals surface area (Å²) in [6.45, 7) is 7.79. The van der Waals surface area contributed by atoms with Gasteiger partial charge in [0.1, 0.15) is 40.4 Å². The Hall–Kier alpha value is -3.45. The average Bonchev–Trinajstić information content (AvgIpc) is 2.72. The Kier molecular flexibility index (Phi) is 5.38. The molecule has 2 aliphatic heterocycles. The van der Waals surface area contributed by atoms with Gasteiger partial charge in [-0.2, -0.15) is 0 Å². The first-order valence-corrected chi connectivity index (χ1v) is 10.4. The molecule has 2 heterocycles. The molecule has 7 nitrogen and oxygen atoms in total. The van der Waals surface area contributed by atoms with Gasteiger partial charge < -0.3 is 30.0 Å². The predicted octanol–water partition coefficient (Wildman–Crippen LogP) is 4.79. The van der Waals surface area contributed by atoms with E-state index in [1.165, 1.54) is 12.1 Å². The van der Waals surface area contributed by atoms with E-state index >= 15 is 0 Å². The number of hydrogen-bond acceptors (Lipinski definition) is 7. The maximum atomic E-state index is 11.1. The molecule has 2 aliphatic rings. The highest BCUT2D eigenvalue weighted by atomic mass is 16.5. The summed E-state index contributed by atoms with van der Waals surface area (Å²) in [5.41, 5.74) is 2.29. The molecular weight excluding hydrogens is 410 g/mol. The van der Waals surface area contributed by atoms with Crippen molar-refractivity contribution in [1.82, 2.24) is 0 Å². The van der Waals surface area contributed by atoms with E-state index in [0.29, 0.717) is 34.6 Å². The van der Waals surface area contributed by atoms with Crippen LogP contribution in [0, 0.1) is 0 Å². The molecule has 0 amide bonds. The second-order valence-electron chi connectivity index (χ2n) is 8.85. The molecule has 0 saturated carbocycles.